The van der Waals surface area contributed by atoms with Crippen LogP contribution in [0.1, 0.15) is 51.0 Å². The van der Waals surface area contributed by atoms with E-state index in [9.17, 15) is 0 Å². The number of hydrogen-bond acceptors (Lipinski definition) is 2. The van der Waals surface area contributed by atoms with Crippen molar-refractivity contribution in [3.05, 3.63) is 35.9 Å². The monoisotopic (exact) mass is 323 g/mol. The van der Waals surface area contributed by atoms with Crippen LogP contribution in [0.5, 0.6) is 0 Å². The van der Waals surface area contributed by atoms with Crippen LogP contribution >= 0.6 is 0 Å². The lowest BCUT2D eigenvalue weighted by molar-refractivity contribution is 0.0356. The fourth-order valence-electron chi connectivity index (χ4n) is 2.71. The molecular formula is C22H29NO. The fourth-order valence-corrected chi connectivity index (χ4v) is 2.71. The first-order valence-electron chi connectivity index (χ1n) is 9.27. The van der Waals surface area contributed by atoms with Gasteiger partial charge in [-0.3, -0.25) is 4.90 Å². The molecule has 1 saturated heterocycles. The van der Waals surface area contributed by atoms with Gasteiger partial charge in [0.1, 0.15) is 6.04 Å². The molecule has 0 saturated carbocycles. The van der Waals surface area contributed by atoms with Gasteiger partial charge in [-0.15, -0.1) is 5.92 Å². The van der Waals surface area contributed by atoms with Crippen molar-refractivity contribution in [2.45, 2.75) is 51.5 Å². The van der Waals surface area contributed by atoms with Gasteiger partial charge < -0.3 is 4.74 Å². The molecular weight excluding hydrogens is 294 g/mol. The molecule has 1 aromatic carbocycles. The van der Waals surface area contributed by atoms with Crippen molar-refractivity contribution in [2.24, 2.45) is 0 Å². The van der Waals surface area contributed by atoms with E-state index in [1.165, 1.54) is 32.1 Å². The van der Waals surface area contributed by atoms with E-state index >= 15 is 0 Å². The summed E-state index contributed by atoms with van der Waals surface area (Å²) in [7, 11) is 0. The molecule has 1 aliphatic rings. The molecule has 0 radical (unpaired) electrons. The molecule has 0 aliphatic carbocycles. The summed E-state index contributed by atoms with van der Waals surface area (Å²) in [5, 5.41) is 0. The highest BCUT2D eigenvalue weighted by Gasteiger charge is 2.17. The summed E-state index contributed by atoms with van der Waals surface area (Å²) in [5.74, 6) is 13.4. The Kier molecular flexibility index (Phi) is 9.10. The summed E-state index contributed by atoms with van der Waals surface area (Å²) in [6, 6.07) is 10.2. The van der Waals surface area contributed by atoms with Crippen LogP contribution in [0.15, 0.2) is 30.3 Å². The Morgan fingerprint density at radius 1 is 1.00 bits per heavy atom. The van der Waals surface area contributed by atoms with Gasteiger partial charge in [-0.1, -0.05) is 68.6 Å². The molecule has 1 heterocycles. The second-order valence-electron chi connectivity index (χ2n) is 6.17. The molecule has 1 atom stereocenters. The molecule has 0 amide bonds. The molecule has 0 N–H and O–H groups in total. The highest BCUT2D eigenvalue weighted by Crippen LogP contribution is 2.06. The summed E-state index contributed by atoms with van der Waals surface area (Å²) >= 11 is 0. The molecule has 1 aliphatic heterocycles. The number of morpholine rings is 1. The molecule has 2 heteroatoms. The van der Waals surface area contributed by atoms with E-state index in [4.69, 9.17) is 4.74 Å². The first-order chi connectivity index (χ1) is 11.9. The van der Waals surface area contributed by atoms with E-state index in [-0.39, 0.29) is 6.04 Å². The minimum absolute atomic E-state index is 0.0183. The lowest BCUT2D eigenvalue weighted by Crippen LogP contribution is -2.42. The van der Waals surface area contributed by atoms with Crippen LogP contribution in [0.4, 0.5) is 0 Å². The number of unbranched alkanes of at least 4 members (excludes halogenated alkanes) is 5. The van der Waals surface area contributed by atoms with Crippen LogP contribution in [0, 0.1) is 23.7 Å². The SMILES string of the molecule is CCCCCCCC#CC(C#Cc1ccccc1)N1CCOCC1. The van der Waals surface area contributed by atoms with Crippen molar-refractivity contribution >= 4 is 0 Å². The molecule has 2 rings (SSSR count). The Hall–Kier alpha value is -1.74. The van der Waals surface area contributed by atoms with Crippen molar-refractivity contribution in [3.8, 4) is 23.7 Å². The van der Waals surface area contributed by atoms with Gasteiger partial charge in [0.25, 0.3) is 0 Å². The van der Waals surface area contributed by atoms with Crippen molar-refractivity contribution < 1.29 is 4.74 Å². The van der Waals surface area contributed by atoms with E-state index < -0.39 is 0 Å². The Morgan fingerprint density at radius 3 is 2.50 bits per heavy atom. The van der Waals surface area contributed by atoms with Gasteiger partial charge in [0, 0.05) is 25.1 Å². The van der Waals surface area contributed by atoms with Gasteiger partial charge in [-0.25, -0.2) is 0 Å². The van der Waals surface area contributed by atoms with Crippen molar-refractivity contribution in [3.63, 3.8) is 0 Å². The molecule has 0 aromatic heterocycles. The smallest absolute Gasteiger partial charge is 0.134 e. The van der Waals surface area contributed by atoms with Crippen LogP contribution in [-0.4, -0.2) is 37.2 Å². The standard InChI is InChI=1S/C22H29NO/c1-2-3-4-5-6-7-11-14-22(23-17-19-24-20-18-23)16-15-21-12-9-8-10-13-21/h8-10,12-13,22H,2-7,17-20H2,1H3. The van der Waals surface area contributed by atoms with Crippen molar-refractivity contribution in [2.75, 3.05) is 26.3 Å². The molecule has 0 bridgehead atoms. The molecule has 1 aromatic rings. The quantitative estimate of drug-likeness (QED) is 0.577. The average Bonchev–Trinajstić information content (AvgIpc) is 2.65. The summed E-state index contributed by atoms with van der Waals surface area (Å²) in [6.07, 6.45) is 7.44. The van der Waals surface area contributed by atoms with E-state index in [0.29, 0.717) is 0 Å². The number of hydrogen-bond donors (Lipinski definition) is 0. The van der Waals surface area contributed by atoms with Crippen molar-refractivity contribution in [1.29, 1.82) is 0 Å². The minimum atomic E-state index is 0.0183. The summed E-state index contributed by atoms with van der Waals surface area (Å²) in [4.78, 5) is 2.34. The third kappa shape index (κ3) is 7.22. The zero-order chi connectivity index (χ0) is 16.9. The second kappa shape index (κ2) is 11.7. The van der Waals surface area contributed by atoms with Gasteiger partial charge in [-0.2, -0.15) is 0 Å². The number of ether oxygens (including phenoxy) is 1. The highest BCUT2D eigenvalue weighted by atomic mass is 16.5. The maximum absolute atomic E-state index is 5.46. The highest BCUT2D eigenvalue weighted by molar-refractivity contribution is 5.37. The first kappa shape index (κ1) is 18.6. The van der Waals surface area contributed by atoms with E-state index in [2.05, 4.69) is 35.5 Å². The first-order valence-corrected chi connectivity index (χ1v) is 9.27. The molecule has 2 nitrogen and oxygen atoms in total. The Labute approximate surface area is 147 Å². The largest absolute Gasteiger partial charge is 0.379 e. The predicted octanol–water partition coefficient (Wildman–Crippen LogP) is 4.10. The number of rotatable bonds is 6. The third-order valence-electron chi connectivity index (χ3n) is 4.18. The predicted molar refractivity (Wildman–Crippen MR) is 101 cm³/mol. The van der Waals surface area contributed by atoms with E-state index in [1.54, 1.807) is 0 Å². The molecule has 128 valence electrons. The summed E-state index contributed by atoms with van der Waals surface area (Å²) < 4.78 is 5.46. The number of benzene rings is 1. The lowest BCUT2D eigenvalue weighted by atomic mass is 10.1. The molecule has 1 fully saturated rings. The van der Waals surface area contributed by atoms with E-state index in [0.717, 1.165) is 38.3 Å². The Balaban J connectivity index is 1.92. The van der Waals surface area contributed by atoms with Crippen molar-refractivity contribution in [1.82, 2.24) is 4.90 Å². The number of nitrogens with zero attached hydrogens (tertiary/aromatic N) is 1. The normalized spacial score (nSPS) is 15.7. The Morgan fingerprint density at radius 2 is 1.75 bits per heavy atom. The molecule has 1 unspecified atom stereocenters. The third-order valence-corrected chi connectivity index (χ3v) is 4.18. The van der Waals surface area contributed by atoms with Gasteiger partial charge >= 0.3 is 0 Å². The zero-order valence-corrected chi connectivity index (χ0v) is 14.9. The average molecular weight is 323 g/mol. The van der Waals surface area contributed by atoms with Gasteiger partial charge in [0.2, 0.25) is 0 Å². The van der Waals surface area contributed by atoms with E-state index in [1.807, 2.05) is 30.3 Å². The van der Waals surface area contributed by atoms with Gasteiger partial charge in [-0.05, 0) is 18.6 Å². The second-order valence-corrected chi connectivity index (χ2v) is 6.17. The van der Waals surface area contributed by atoms with Crippen LogP contribution in [-0.2, 0) is 4.74 Å². The van der Waals surface area contributed by atoms with Gasteiger partial charge in [0.15, 0.2) is 0 Å². The van der Waals surface area contributed by atoms with Crippen LogP contribution in [0.2, 0.25) is 0 Å². The van der Waals surface area contributed by atoms with Crippen LogP contribution in [0.25, 0.3) is 0 Å². The fraction of sp³-hybridized carbons (Fsp3) is 0.545. The van der Waals surface area contributed by atoms with Gasteiger partial charge in [0.05, 0.1) is 13.2 Å². The maximum Gasteiger partial charge on any atom is 0.134 e. The van der Waals surface area contributed by atoms with Crippen LogP contribution in [0.3, 0.4) is 0 Å². The molecule has 24 heavy (non-hydrogen) atoms. The Bertz CT molecular complexity index is 567. The lowest BCUT2D eigenvalue weighted by Gasteiger charge is -2.28. The topological polar surface area (TPSA) is 12.5 Å². The summed E-state index contributed by atoms with van der Waals surface area (Å²) in [5.41, 5.74) is 1.05. The minimum Gasteiger partial charge on any atom is -0.379 e. The maximum atomic E-state index is 5.46. The zero-order valence-electron chi connectivity index (χ0n) is 14.9. The molecule has 0 spiro atoms. The van der Waals surface area contributed by atoms with Crippen LogP contribution < -0.4 is 0 Å². The summed E-state index contributed by atoms with van der Waals surface area (Å²) in [6.45, 7) is 5.64.